The molecule has 0 aliphatic rings. The topological polar surface area (TPSA) is 63.0 Å². The molecule has 3 aromatic rings. The zero-order chi connectivity index (χ0) is 21.3. The quantitative estimate of drug-likeness (QED) is 0.491. The van der Waals surface area contributed by atoms with Gasteiger partial charge in [-0.25, -0.2) is 4.39 Å². The number of hydrogen-bond donors (Lipinski definition) is 0. The van der Waals surface area contributed by atoms with Crippen LogP contribution in [0.25, 0.3) is 0 Å². The number of thiophene rings is 1. The van der Waals surface area contributed by atoms with Gasteiger partial charge in [0, 0.05) is 25.1 Å². The lowest BCUT2D eigenvalue weighted by Gasteiger charge is -2.27. The van der Waals surface area contributed by atoms with Crippen LogP contribution in [-0.2, 0) is 22.6 Å². The molecule has 0 radical (unpaired) electrons. The molecule has 2 aromatic heterocycles. The number of rotatable bonds is 10. The second kappa shape index (κ2) is 10.7. The number of carbonyl (C=O) groups excluding carboxylic acids is 2. The van der Waals surface area contributed by atoms with E-state index in [1.165, 1.54) is 30.4 Å². The maximum absolute atomic E-state index is 13.3. The molecular weight excluding hydrogens is 407 g/mol. The molecule has 1 aromatic carbocycles. The number of amides is 2. The molecule has 0 unspecified atom stereocenters. The smallest absolute Gasteiger partial charge is 0.290 e. The predicted molar refractivity (Wildman–Crippen MR) is 111 cm³/mol. The van der Waals surface area contributed by atoms with Crippen LogP contribution >= 0.6 is 11.3 Å². The van der Waals surface area contributed by atoms with Crippen LogP contribution in [0.3, 0.4) is 0 Å². The van der Waals surface area contributed by atoms with Crippen molar-refractivity contribution in [3.63, 3.8) is 0 Å². The van der Waals surface area contributed by atoms with Gasteiger partial charge in [-0.15, -0.1) is 11.3 Å². The van der Waals surface area contributed by atoms with Crippen LogP contribution < -0.4 is 0 Å². The van der Waals surface area contributed by atoms with Crippen molar-refractivity contribution >= 4 is 23.2 Å². The minimum absolute atomic E-state index is 0.116. The molecule has 8 heteroatoms. The van der Waals surface area contributed by atoms with Crippen LogP contribution in [0.1, 0.15) is 21.0 Å². The van der Waals surface area contributed by atoms with E-state index >= 15 is 0 Å². The molecule has 0 N–H and O–H groups in total. The molecule has 0 spiro atoms. The third-order valence-corrected chi connectivity index (χ3v) is 5.34. The summed E-state index contributed by atoms with van der Waals surface area (Å²) in [7, 11) is 1.54. The van der Waals surface area contributed by atoms with Gasteiger partial charge in [-0.1, -0.05) is 18.2 Å². The molecule has 2 amide bonds. The SMILES string of the molecule is COCCN(CC(=O)N(Cc1ccc(F)cc1)Cc1cccs1)C(=O)c1ccco1. The number of benzene rings is 1. The van der Waals surface area contributed by atoms with Crippen molar-refractivity contribution < 1.29 is 23.1 Å². The molecule has 0 fully saturated rings. The molecule has 0 atom stereocenters. The summed E-state index contributed by atoms with van der Waals surface area (Å²) in [5.41, 5.74) is 0.808. The Morgan fingerprint density at radius 1 is 1.07 bits per heavy atom. The Bertz CT molecular complexity index is 927. The van der Waals surface area contributed by atoms with Gasteiger partial charge >= 0.3 is 0 Å². The Morgan fingerprint density at radius 2 is 1.87 bits per heavy atom. The van der Waals surface area contributed by atoms with E-state index in [0.29, 0.717) is 19.7 Å². The average Bonchev–Trinajstić information content (AvgIpc) is 3.46. The van der Waals surface area contributed by atoms with Crippen LogP contribution in [0.5, 0.6) is 0 Å². The summed E-state index contributed by atoms with van der Waals surface area (Å²) in [5.74, 6) is -0.751. The Hall–Kier alpha value is -2.97. The normalized spacial score (nSPS) is 10.7. The first-order chi connectivity index (χ1) is 14.6. The van der Waals surface area contributed by atoms with Crippen molar-refractivity contribution in [2.24, 2.45) is 0 Å². The van der Waals surface area contributed by atoms with Gasteiger partial charge in [0.15, 0.2) is 5.76 Å². The Balaban J connectivity index is 1.76. The molecule has 3 rings (SSSR count). The van der Waals surface area contributed by atoms with Gasteiger partial charge in [0.05, 0.1) is 19.4 Å². The summed E-state index contributed by atoms with van der Waals surface area (Å²) in [5, 5.41) is 1.95. The maximum Gasteiger partial charge on any atom is 0.290 e. The summed E-state index contributed by atoms with van der Waals surface area (Å²) in [6, 6.07) is 13.1. The zero-order valence-electron chi connectivity index (χ0n) is 16.6. The van der Waals surface area contributed by atoms with Crippen LogP contribution in [0.2, 0.25) is 0 Å². The fourth-order valence-electron chi connectivity index (χ4n) is 2.91. The highest BCUT2D eigenvalue weighted by molar-refractivity contribution is 7.09. The van der Waals surface area contributed by atoms with Gasteiger partial charge in [-0.3, -0.25) is 9.59 Å². The van der Waals surface area contributed by atoms with Crippen molar-refractivity contribution in [2.45, 2.75) is 13.1 Å². The first kappa shape index (κ1) is 21.7. The standard InChI is InChI=1S/C22H23FN2O4S/c1-28-12-10-24(22(27)20-5-2-11-29-20)16-21(26)25(15-19-4-3-13-30-19)14-17-6-8-18(23)9-7-17/h2-9,11,13H,10,12,14-16H2,1H3. The van der Waals surface area contributed by atoms with Crippen LogP contribution in [0, 0.1) is 5.82 Å². The third-order valence-electron chi connectivity index (χ3n) is 4.48. The van der Waals surface area contributed by atoms with Crippen LogP contribution in [0.15, 0.2) is 64.6 Å². The van der Waals surface area contributed by atoms with Gasteiger partial charge in [0.1, 0.15) is 12.4 Å². The number of halogens is 1. The van der Waals surface area contributed by atoms with Gasteiger partial charge in [0.2, 0.25) is 5.91 Å². The van der Waals surface area contributed by atoms with E-state index in [4.69, 9.17) is 9.15 Å². The van der Waals surface area contributed by atoms with E-state index in [-0.39, 0.29) is 36.5 Å². The van der Waals surface area contributed by atoms with Gasteiger partial charge < -0.3 is 19.0 Å². The molecule has 0 saturated heterocycles. The monoisotopic (exact) mass is 430 g/mol. The largest absolute Gasteiger partial charge is 0.459 e. The Labute approximate surface area is 178 Å². The second-order valence-corrected chi connectivity index (χ2v) is 7.68. The maximum atomic E-state index is 13.3. The first-order valence-electron chi connectivity index (χ1n) is 9.43. The van der Waals surface area contributed by atoms with E-state index in [1.54, 1.807) is 40.5 Å². The highest BCUT2D eigenvalue weighted by atomic mass is 32.1. The summed E-state index contributed by atoms with van der Waals surface area (Å²) < 4.78 is 23.5. The van der Waals surface area contributed by atoms with Crippen molar-refractivity contribution in [1.82, 2.24) is 9.80 Å². The second-order valence-electron chi connectivity index (χ2n) is 6.65. The van der Waals surface area contributed by atoms with E-state index in [0.717, 1.165) is 10.4 Å². The Kier molecular flexibility index (Phi) is 7.75. The number of nitrogens with zero attached hydrogens (tertiary/aromatic N) is 2. The number of methoxy groups -OCH3 is 1. The van der Waals surface area contributed by atoms with E-state index in [9.17, 15) is 14.0 Å². The van der Waals surface area contributed by atoms with Crippen LogP contribution in [-0.4, -0.2) is 48.4 Å². The number of carbonyl (C=O) groups is 2. The van der Waals surface area contributed by atoms with Crippen molar-refractivity contribution in [3.8, 4) is 0 Å². The molecule has 2 heterocycles. The number of furan rings is 1. The van der Waals surface area contributed by atoms with E-state index in [2.05, 4.69) is 0 Å². The average molecular weight is 431 g/mol. The highest BCUT2D eigenvalue weighted by Crippen LogP contribution is 2.16. The summed E-state index contributed by atoms with van der Waals surface area (Å²) in [6.07, 6.45) is 1.42. The number of hydrogen-bond acceptors (Lipinski definition) is 5. The minimum Gasteiger partial charge on any atom is -0.459 e. The van der Waals surface area contributed by atoms with Crippen molar-refractivity contribution in [2.75, 3.05) is 26.8 Å². The summed E-state index contributed by atoms with van der Waals surface area (Å²) in [4.78, 5) is 30.0. The molecule has 6 nitrogen and oxygen atoms in total. The summed E-state index contributed by atoms with van der Waals surface area (Å²) >= 11 is 1.55. The molecule has 30 heavy (non-hydrogen) atoms. The lowest BCUT2D eigenvalue weighted by atomic mass is 10.2. The highest BCUT2D eigenvalue weighted by Gasteiger charge is 2.24. The first-order valence-corrected chi connectivity index (χ1v) is 10.3. The molecule has 0 bridgehead atoms. The lowest BCUT2D eigenvalue weighted by Crippen LogP contribution is -2.43. The predicted octanol–water partition coefficient (Wildman–Crippen LogP) is 3.80. The molecular formula is C22H23FN2O4S. The van der Waals surface area contributed by atoms with Gasteiger partial charge in [0.25, 0.3) is 5.91 Å². The van der Waals surface area contributed by atoms with E-state index in [1.807, 2.05) is 17.5 Å². The van der Waals surface area contributed by atoms with Crippen molar-refractivity contribution in [1.29, 1.82) is 0 Å². The minimum atomic E-state index is -0.372. The zero-order valence-corrected chi connectivity index (χ0v) is 17.4. The Morgan fingerprint density at radius 3 is 2.50 bits per heavy atom. The summed E-state index contributed by atoms with van der Waals surface area (Å²) in [6.45, 7) is 1.15. The van der Waals surface area contributed by atoms with Gasteiger partial charge in [-0.2, -0.15) is 0 Å². The fraction of sp³-hybridized carbons (Fsp3) is 0.273. The molecule has 0 saturated carbocycles. The molecule has 0 aliphatic carbocycles. The van der Waals surface area contributed by atoms with E-state index < -0.39 is 0 Å². The van der Waals surface area contributed by atoms with Gasteiger partial charge in [-0.05, 0) is 41.3 Å². The van der Waals surface area contributed by atoms with Crippen LogP contribution in [0.4, 0.5) is 4.39 Å². The molecule has 0 aliphatic heterocycles. The third kappa shape index (κ3) is 6.01. The fourth-order valence-corrected chi connectivity index (χ4v) is 3.63. The van der Waals surface area contributed by atoms with Crippen molar-refractivity contribution in [3.05, 3.63) is 82.2 Å². The number of ether oxygens (including phenoxy) is 1. The lowest BCUT2D eigenvalue weighted by molar-refractivity contribution is -0.133. The molecule has 158 valence electrons.